The van der Waals surface area contributed by atoms with Crippen LogP contribution < -0.4 is 10.6 Å². The molecule has 1 heterocycles. The SMILES string of the molecule is O=C(NCCCOC1CCNCC1)c1ccccc1O. The zero-order valence-corrected chi connectivity index (χ0v) is 11.6. The van der Waals surface area contributed by atoms with E-state index in [4.69, 9.17) is 4.74 Å². The molecule has 20 heavy (non-hydrogen) atoms. The van der Waals surface area contributed by atoms with Gasteiger partial charge >= 0.3 is 0 Å². The third kappa shape index (κ3) is 4.51. The monoisotopic (exact) mass is 278 g/mol. The van der Waals surface area contributed by atoms with Gasteiger partial charge in [0.25, 0.3) is 5.91 Å². The van der Waals surface area contributed by atoms with Crippen molar-refractivity contribution in [2.45, 2.75) is 25.4 Å². The molecule has 0 bridgehead atoms. The largest absolute Gasteiger partial charge is 0.507 e. The topological polar surface area (TPSA) is 70.6 Å². The van der Waals surface area contributed by atoms with Crippen LogP contribution in [0.5, 0.6) is 5.75 Å². The van der Waals surface area contributed by atoms with E-state index >= 15 is 0 Å². The number of hydrogen-bond acceptors (Lipinski definition) is 4. The summed E-state index contributed by atoms with van der Waals surface area (Å²) in [4.78, 5) is 11.8. The molecule has 1 aliphatic heterocycles. The number of aromatic hydroxyl groups is 1. The van der Waals surface area contributed by atoms with Crippen LogP contribution in [0.1, 0.15) is 29.6 Å². The number of benzene rings is 1. The number of piperidine rings is 1. The van der Waals surface area contributed by atoms with Crippen LogP contribution >= 0.6 is 0 Å². The van der Waals surface area contributed by atoms with Gasteiger partial charge < -0.3 is 20.5 Å². The van der Waals surface area contributed by atoms with E-state index in [9.17, 15) is 9.90 Å². The van der Waals surface area contributed by atoms with Crippen LogP contribution in [0.3, 0.4) is 0 Å². The summed E-state index contributed by atoms with van der Waals surface area (Å²) in [5.74, 6) is -0.235. The van der Waals surface area contributed by atoms with Gasteiger partial charge in [-0.05, 0) is 44.5 Å². The highest BCUT2D eigenvalue weighted by molar-refractivity contribution is 5.96. The quantitative estimate of drug-likeness (QED) is 0.686. The molecule has 0 spiro atoms. The fourth-order valence-electron chi connectivity index (χ4n) is 2.25. The van der Waals surface area contributed by atoms with Gasteiger partial charge in [-0.25, -0.2) is 0 Å². The van der Waals surface area contributed by atoms with E-state index in [1.807, 2.05) is 0 Å². The molecule has 1 aliphatic rings. The Labute approximate surface area is 119 Å². The van der Waals surface area contributed by atoms with E-state index in [0.717, 1.165) is 32.4 Å². The van der Waals surface area contributed by atoms with E-state index in [2.05, 4.69) is 10.6 Å². The maximum Gasteiger partial charge on any atom is 0.255 e. The van der Waals surface area contributed by atoms with Gasteiger partial charge in [0, 0.05) is 13.2 Å². The summed E-state index contributed by atoms with van der Waals surface area (Å²) in [5, 5.41) is 15.6. The summed E-state index contributed by atoms with van der Waals surface area (Å²) in [5.41, 5.74) is 0.312. The van der Waals surface area contributed by atoms with E-state index in [0.29, 0.717) is 24.8 Å². The van der Waals surface area contributed by atoms with Crippen LogP contribution in [-0.4, -0.2) is 43.4 Å². The lowest BCUT2D eigenvalue weighted by Gasteiger charge is -2.22. The highest BCUT2D eigenvalue weighted by Crippen LogP contribution is 2.14. The van der Waals surface area contributed by atoms with E-state index in [1.165, 1.54) is 6.07 Å². The zero-order chi connectivity index (χ0) is 14.2. The summed E-state index contributed by atoms with van der Waals surface area (Å²) >= 11 is 0. The van der Waals surface area contributed by atoms with Crippen molar-refractivity contribution in [3.05, 3.63) is 29.8 Å². The first-order valence-corrected chi connectivity index (χ1v) is 7.16. The number of nitrogens with one attached hydrogen (secondary N) is 2. The van der Waals surface area contributed by atoms with Crippen LogP contribution in [0.4, 0.5) is 0 Å². The van der Waals surface area contributed by atoms with Crippen molar-refractivity contribution in [3.63, 3.8) is 0 Å². The van der Waals surface area contributed by atoms with Crippen LogP contribution in [0, 0.1) is 0 Å². The second-order valence-corrected chi connectivity index (χ2v) is 4.95. The van der Waals surface area contributed by atoms with Crippen LogP contribution in [0.2, 0.25) is 0 Å². The smallest absolute Gasteiger partial charge is 0.255 e. The van der Waals surface area contributed by atoms with Crippen molar-refractivity contribution in [1.29, 1.82) is 0 Å². The van der Waals surface area contributed by atoms with Gasteiger partial charge in [-0.15, -0.1) is 0 Å². The summed E-state index contributed by atoms with van der Waals surface area (Å²) in [7, 11) is 0. The van der Waals surface area contributed by atoms with Gasteiger partial charge in [-0.2, -0.15) is 0 Å². The molecule has 110 valence electrons. The van der Waals surface area contributed by atoms with Crippen molar-refractivity contribution in [2.24, 2.45) is 0 Å². The van der Waals surface area contributed by atoms with Gasteiger partial charge in [-0.3, -0.25) is 4.79 Å². The third-order valence-electron chi connectivity index (χ3n) is 3.40. The van der Waals surface area contributed by atoms with Crippen LogP contribution in [0.25, 0.3) is 0 Å². The molecule has 0 radical (unpaired) electrons. The molecule has 0 aromatic heterocycles. The predicted molar refractivity (Wildman–Crippen MR) is 76.9 cm³/mol. The maximum absolute atomic E-state index is 11.8. The Morgan fingerprint density at radius 3 is 2.85 bits per heavy atom. The number of carbonyl (C=O) groups is 1. The third-order valence-corrected chi connectivity index (χ3v) is 3.40. The van der Waals surface area contributed by atoms with Gasteiger partial charge in [0.1, 0.15) is 5.75 Å². The second kappa shape index (κ2) is 7.87. The molecular weight excluding hydrogens is 256 g/mol. The lowest BCUT2D eigenvalue weighted by atomic mass is 10.1. The van der Waals surface area contributed by atoms with E-state index in [-0.39, 0.29) is 11.7 Å². The number of ether oxygens (including phenoxy) is 1. The van der Waals surface area contributed by atoms with Crippen molar-refractivity contribution in [1.82, 2.24) is 10.6 Å². The summed E-state index contributed by atoms with van der Waals surface area (Å²) in [6.07, 6.45) is 3.25. The first kappa shape index (κ1) is 14.8. The molecule has 1 fully saturated rings. The molecule has 1 aromatic rings. The predicted octanol–water partition coefficient (Wildman–Crippen LogP) is 1.28. The molecule has 1 saturated heterocycles. The molecular formula is C15H22N2O3. The van der Waals surface area contributed by atoms with Gasteiger partial charge in [-0.1, -0.05) is 12.1 Å². The van der Waals surface area contributed by atoms with Gasteiger partial charge in [0.2, 0.25) is 0 Å². The number of para-hydroxylation sites is 1. The van der Waals surface area contributed by atoms with E-state index < -0.39 is 0 Å². The number of carbonyl (C=O) groups excluding carboxylic acids is 1. The normalized spacial score (nSPS) is 16.0. The average Bonchev–Trinajstić information content (AvgIpc) is 2.48. The minimum atomic E-state index is -0.245. The molecule has 2 rings (SSSR count). The summed E-state index contributed by atoms with van der Waals surface area (Å²) in [6.45, 7) is 3.26. The van der Waals surface area contributed by atoms with Crippen molar-refractivity contribution >= 4 is 5.91 Å². The molecule has 0 saturated carbocycles. The molecule has 0 unspecified atom stereocenters. The van der Waals surface area contributed by atoms with Crippen molar-refractivity contribution in [3.8, 4) is 5.75 Å². The Balaban J connectivity index is 1.61. The fourth-order valence-corrected chi connectivity index (χ4v) is 2.25. The Hall–Kier alpha value is -1.59. The molecule has 5 nitrogen and oxygen atoms in total. The number of hydrogen-bond donors (Lipinski definition) is 3. The molecule has 5 heteroatoms. The Bertz CT molecular complexity index is 431. The second-order valence-electron chi connectivity index (χ2n) is 4.95. The maximum atomic E-state index is 11.8. The molecule has 0 atom stereocenters. The highest BCUT2D eigenvalue weighted by atomic mass is 16.5. The van der Waals surface area contributed by atoms with E-state index in [1.54, 1.807) is 18.2 Å². The lowest BCUT2D eigenvalue weighted by molar-refractivity contribution is 0.0318. The number of amides is 1. The summed E-state index contributed by atoms with van der Waals surface area (Å²) < 4.78 is 5.75. The van der Waals surface area contributed by atoms with Crippen molar-refractivity contribution < 1.29 is 14.6 Å². The Morgan fingerprint density at radius 2 is 2.10 bits per heavy atom. The number of phenols is 1. The zero-order valence-electron chi connectivity index (χ0n) is 11.6. The first-order valence-electron chi connectivity index (χ1n) is 7.16. The number of rotatable bonds is 6. The summed E-state index contributed by atoms with van der Waals surface area (Å²) in [6, 6.07) is 6.54. The molecule has 1 aromatic carbocycles. The minimum Gasteiger partial charge on any atom is -0.507 e. The first-order chi connectivity index (χ1) is 9.77. The lowest BCUT2D eigenvalue weighted by Crippen LogP contribution is -2.33. The molecule has 3 N–H and O–H groups in total. The van der Waals surface area contributed by atoms with Gasteiger partial charge in [0.05, 0.1) is 11.7 Å². The Kier molecular flexibility index (Phi) is 5.83. The van der Waals surface area contributed by atoms with Gasteiger partial charge in [0.15, 0.2) is 0 Å². The van der Waals surface area contributed by atoms with Crippen LogP contribution in [0.15, 0.2) is 24.3 Å². The average molecular weight is 278 g/mol. The minimum absolute atomic E-state index is 0.0101. The Morgan fingerprint density at radius 1 is 1.35 bits per heavy atom. The highest BCUT2D eigenvalue weighted by Gasteiger charge is 2.13. The number of phenolic OH excluding ortho intramolecular Hbond substituents is 1. The van der Waals surface area contributed by atoms with Crippen LogP contribution in [-0.2, 0) is 4.74 Å². The molecule has 0 aliphatic carbocycles. The fraction of sp³-hybridized carbons (Fsp3) is 0.533. The molecule has 1 amide bonds. The van der Waals surface area contributed by atoms with Crippen molar-refractivity contribution in [2.75, 3.05) is 26.2 Å². The standard InChI is InChI=1S/C15H22N2O3/c18-14-5-2-1-4-13(14)15(19)17-8-3-11-20-12-6-9-16-10-7-12/h1-2,4-5,12,16,18H,3,6-11H2,(H,17,19).